The fraction of sp³-hybridized carbons (Fsp3) is 0.500. The van der Waals surface area contributed by atoms with Crippen molar-refractivity contribution in [3.63, 3.8) is 0 Å². The maximum Gasteiger partial charge on any atom is 0.336 e. The monoisotopic (exact) mass is 421 g/mol. The normalized spacial score (nSPS) is 28.0. The topological polar surface area (TPSA) is 83.5 Å². The fourth-order valence-electron chi connectivity index (χ4n) is 3.49. The van der Waals surface area contributed by atoms with Crippen molar-refractivity contribution in [3.8, 4) is 0 Å². The van der Waals surface area contributed by atoms with Gasteiger partial charge < -0.3 is 5.11 Å². The van der Waals surface area contributed by atoms with Gasteiger partial charge in [0, 0.05) is 9.61 Å². The first-order valence-corrected chi connectivity index (χ1v) is 9.48. The number of carbonyl (C=O) groups is 1. The summed E-state index contributed by atoms with van der Waals surface area (Å²) in [4.78, 5) is 11.2. The number of halogens is 1. The maximum absolute atomic E-state index is 12.4. The Morgan fingerprint density at radius 1 is 1.29 bits per heavy atom. The molecule has 1 aromatic carbocycles. The standard InChI is InChI=1S/C14H16INO4S/c15-12-4-3-10(7-11(12)14(17)18)21(19,20)16-13-6-8-1-2-9(13)5-8/h3-4,7-9,13,16H,1-2,5-6H2,(H,17,18). The van der Waals surface area contributed by atoms with Crippen LogP contribution < -0.4 is 4.72 Å². The second kappa shape index (κ2) is 5.51. The molecule has 21 heavy (non-hydrogen) atoms. The van der Waals surface area contributed by atoms with Crippen LogP contribution in [-0.4, -0.2) is 25.5 Å². The van der Waals surface area contributed by atoms with Gasteiger partial charge in [-0.1, -0.05) is 6.42 Å². The summed E-state index contributed by atoms with van der Waals surface area (Å²) in [6.07, 6.45) is 4.31. The molecule has 2 N–H and O–H groups in total. The van der Waals surface area contributed by atoms with Crippen molar-refractivity contribution in [1.82, 2.24) is 4.72 Å². The van der Waals surface area contributed by atoms with Gasteiger partial charge in [0.15, 0.2) is 0 Å². The Morgan fingerprint density at radius 2 is 2.05 bits per heavy atom. The average Bonchev–Trinajstić information content (AvgIpc) is 3.00. The zero-order valence-corrected chi connectivity index (χ0v) is 14.2. The zero-order valence-electron chi connectivity index (χ0n) is 11.3. The molecule has 5 nitrogen and oxygen atoms in total. The largest absolute Gasteiger partial charge is 0.478 e. The van der Waals surface area contributed by atoms with E-state index in [1.165, 1.54) is 24.6 Å². The Hall–Kier alpha value is -0.670. The van der Waals surface area contributed by atoms with Crippen LogP contribution >= 0.6 is 22.6 Å². The van der Waals surface area contributed by atoms with E-state index in [4.69, 9.17) is 5.11 Å². The van der Waals surface area contributed by atoms with E-state index < -0.39 is 16.0 Å². The minimum atomic E-state index is -3.66. The molecule has 7 heteroatoms. The third-order valence-corrected chi connectivity index (χ3v) is 6.95. The Balaban J connectivity index is 1.85. The van der Waals surface area contributed by atoms with Crippen LogP contribution in [0, 0.1) is 15.4 Å². The molecule has 1 aromatic rings. The molecule has 2 saturated carbocycles. The highest BCUT2D eigenvalue weighted by Crippen LogP contribution is 2.44. The molecule has 2 bridgehead atoms. The summed E-state index contributed by atoms with van der Waals surface area (Å²) < 4.78 is 28.2. The van der Waals surface area contributed by atoms with Gasteiger partial charge in [0.25, 0.3) is 0 Å². The summed E-state index contributed by atoms with van der Waals surface area (Å²) in [6, 6.07) is 4.23. The molecule has 0 amide bonds. The van der Waals surface area contributed by atoms with E-state index >= 15 is 0 Å². The van der Waals surface area contributed by atoms with Crippen LogP contribution in [0.3, 0.4) is 0 Å². The van der Waals surface area contributed by atoms with Crippen molar-refractivity contribution < 1.29 is 18.3 Å². The summed E-state index contributed by atoms with van der Waals surface area (Å²) in [7, 11) is -3.66. The average molecular weight is 421 g/mol. The molecule has 0 radical (unpaired) electrons. The number of nitrogens with one attached hydrogen (secondary N) is 1. The van der Waals surface area contributed by atoms with Gasteiger partial charge in [0.2, 0.25) is 10.0 Å². The molecular weight excluding hydrogens is 405 g/mol. The highest BCUT2D eigenvalue weighted by Gasteiger charge is 2.41. The highest BCUT2D eigenvalue weighted by atomic mass is 127. The quantitative estimate of drug-likeness (QED) is 0.732. The lowest BCUT2D eigenvalue weighted by molar-refractivity contribution is 0.0695. The minimum Gasteiger partial charge on any atom is -0.478 e. The number of sulfonamides is 1. The van der Waals surface area contributed by atoms with Crippen LogP contribution in [0.1, 0.15) is 36.0 Å². The Morgan fingerprint density at radius 3 is 2.62 bits per heavy atom. The first-order chi connectivity index (χ1) is 9.87. The molecule has 0 aliphatic heterocycles. The summed E-state index contributed by atoms with van der Waals surface area (Å²) >= 11 is 1.89. The van der Waals surface area contributed by atoms with Crippen molar-refractivity contribution in [1.29, 1.82) is 0 Å². The van der Waals surface area contributed by atoms with Gasteiger partial charge in [-0.2, -0.15) is 0 Å². The lowest BCUT2D eigenvalue weighted by Crippen LogP contribution is -2.38. The van der Waals surface area contributed by atoms with Crippen LogP contribution in [0.2, 0.25) is 0 Å². The SMILES string of the molecule is O=C(O)c1cc(S(=O)(=O)NC2CC3CCC2C3)ccc1I. The number of carboxylic acid groups (broad SMARTS) is 1. The predicted octanol–water partition coefficient (Wildman–Crippen LogP) is 2.46. The van der Waals surface area contributed by atoms with Gasteiger partial charge in [-0.15, -0.1) is 0 Å². The first-order valence-electron chi connectivity index (χ1n) is 6.92. The van der Waals surface area contributed by atoms with E-state index in [1.807, 2.05) is 22.6 Å². The summed E-state index contributed by atoms with van der Waals surface area (Å²) in [5, 5.41) is 9.11. The van der Waals surface area contributed by atoms with E-state index in [-0.39, 0.29) is 16.5 Å². The van der Waals surface area contributed by atoms with E-state index in [0.29, 0.717) is 15.4 Å². The number of hydrogen-bond acceptors (Lipinski definition) is 3. The minimum absolute atomic E-state index is 0.00121. The Kier molecular flexibility index (Phi) is 4.00. The van der Waals surface area contributed by atoms with Gasteiger partial charge in [0.05, 0.1) is 10.5 Å². The molecule has 2 aliphatic rings. The Bertz CT molecular complexity index is 688. The zero-order chi connectivity index (χ0) is 15.2. The first kappa shape index (κ1) is 15.2. The number of benzene rings is 1. The lowest BCUT2D eigenvalue weighted by Gasteiger charge is -2.22. The van der Waals surface area contributed by atoms with E-state index in [9.17, 15) is 13.2 Å². The van der Waals surface area contributed by atoms with Crippen molar-refractivity contribution >= 4 is 38.6 Å². The van der Waals surface area contributed by atoms with Crippen LogP contribution in [0.15, 0.2) is 23.1 Å². The van der Waals surface area contributed by atoms with Gasteiger partial charge in [-0.25, -0.2) is 17.9 Å². The smallest absolute Gasteiger partial charge is 0.336 e. The molecule has 0 heterocycles. The molecular formula is C14H16INO4S. The molecule has 2 fully saturated rings. The molecule has 3 atom stereocenters. The molecule has 114 valence electrons. The molecule has 2 aliphatic carbocycles. The van der Waals surface area contributed by atoms with E-state index in [2.05, 4.69) is 4.72 Å². The fourth-order valence-corrected chi connectivity index (χ4v) is 5.40. The van der Waals surface area contributed by atoms with Crippen molar-refractivity contribution in [2.45, 2.75) is 36.6 Å². The number of carboxylic acids is 1. The van der Waals surface area contributed by atoms with Crippen LogP contribution in [0.25, 0.3) is 0 Å². The molecule has 3 unspecified atom stereocenters. The van der Waals surface area contributed by atoms with Gasteiger partial charge in [-0.3, -0.25) is 0 Å². The third kappa shape index (κ3) is 2.95. The number of fused-ring (bicyclic) bond motifs is 2. The van der Waals surface area contributed by atoms with Crippen molar-refractivity contribution in [2.24, 2.45) is 11.8 Å². The van der Waals surface area contributed by atoms with Crippen LogP contribution in [0.5, 0.6) is 0 Å². The third-order valence-electron chi connectivity index (χ3n) is 4.52. The lowest BCUT2D eigenvalue weighted by atomic mass is 9.96. The van der Waals surface area contributed by atoms with Crippen molar-refractivity contribution in [3.05, 3.63) is 27.3 Å². The second-order valence-electron chi connectivity index (χ2n) is 5.85. The number of rotatable bonds is 4. The summed E-state index contributed by atoms with van der Waals surface area (Å²) in [5.41, 5.74) is 0.0198. The maximum atomic E-state index is 12.4. The summed E-state index contributed by atoms with van der Waals surface area (Å²) in [6.45, 7) is 0. The van der Waals surface area contributed by atoms with Crippen LogP contribution in [-0.2, 0) is 10.0 Å². The van der Waals surface area contributed by atoms with Gasteiger partial charge in [0.1, 0.15) is 0 Å². The Labute approximate surface area is 137 Å². The second-order valence-corrected chi connectivity index (χ2v) is 8.73. The molecule has 3 rings (SSSR count). The summed E-state index contributed by atoms with van der Waals surface area (Å²) in [5.74, 6) is -0.0297. The van der Waals surface area contributed by atoms with Crippen molar-refractivity contribution in [2.75, 3.05) is 0 Å². The van der Waals surface area contributed by atoms with E-state index in [0.717, 1.165) is 19.3 Å². The van der Waals surface area contributed by atoms with E-state index in [1.54, 1.807) is 0 Å². The highest BCUT2D eigenvalue weighted by molar-refractivity contribution is 14.1. The number of aromatic carboxylic acids is 1. The van der Waals surface area contributed by atoms with Gasteiger partial charge >= 0.3 is 5.97 Å². The van der Waals surface area contributed by atoms with Gasteiger partial charge in [-0.05, 0) is 71.9 Å². The molecule has 0 spiro atoms. The van der Waals surface area contributed by atoms with Crippen LogP contribution in [0.4, 0.5) is 0 Å². The predicted molar refractivity (Wildman–Crippen MR) is 85.7 cm³/mol. The molecule has 0 aromatic heterocycles. The number of hydrogen-bond donors (Lipinski definition) is 2. The molecule has 0 saturated heterocycles.